The van der Waals surface area contributed by atoms with Gasteiger partial charge in [-0.05, 0) is 16.0 Å². The number of hydrogen-bond acceptors (Lipinski definition) is 4. The quantitative estimate of drug-likeness (QED) is 0.482. The molecule has 60 valence electrons. The largest absolute Gasteiger partial charge is 0.363 e. The Morgan fingerprint density at radius 3 is 2.83 bits per heavy atom. The summed E-state index contributed by atoms with van der Waals surface area (Å²) in [6.45, 7) is 0. The maximum Gasteiger partial charge on any atom is 0.363 e. The zero-order valence-corrected chi connectivity index (χ0v) is 6.10. The summed E-state index contributed by atoms with van der Waals surface area (Å²) in [7, 11) is 0. The Balaban J connectivity index is 2.87. The van der Waals surface area contributed by atoms with Crippen molar-refractivity contribution in [2.75, 3.05) is 0 Å². The summed E-state index contributed by atoms with van der Waals surface area (Å²) in [6, 6.07) is 4.73. The van der Waals surface area contributed by atoms with Crippen molar-refractivity contribution in [1.82, 2.24) is 4.98 Å². The first-order chi connectivity index (χ1) is 5.74. The van der Waals surface area contributed by atoms with Crippen molar-refractivity contribution in [2.24, 2.45) is 0 Å². The summed E-state index contributed by atoms with van der Waals surface area (Å²) in [4.78, 5) is 13.1. The van der Waals surface area contributed by atoms with Crippen molar-refractivity contribution in [3.05, 3.63) is 34.0 Å². The van der Waals surface area contributed by atoms with Crippen LogP contribution in [0.2, 0.25) is 0 Å². The molecule has 0 atom stereocenters. The molecule has 0 radical (unpaired) electrons. The Labute approximate surface area is 68.4 Å². The average molecular weight is 163 g/mol. The fraction of sp³-hybridized carbons (Fsp3) is 0.143. The number of nitrogens with zero attached hydrogens (tertiary/aromatic N) is 3. The van der Waals surface area contributed by atoms with Crippen molar-refractivity contribution < 1.29 is 4.92 Å². The van der Waals surface area contributed by atoms with Gasteiger partial charge >= 0.3 is 5.82 Å². The number of pyridine rings is 1. The van der Waals surface area contributed by atoms with E-state index in [2.05, 4.69) is 4.98 Å². The van der Waals surface area contributed by atoms with Crippen molar-refractivity contribution in [3.8, 4) is 6.07 Å². The Morgan fingerprint density at radius 1 is 1.67 bits per heavy atom. The molecule has 0 aromatic carbocycles. The molecule has 0 saturated heterocycles. The normalized spacial score (nSPS) is 8.92. The van der Waals surface area contributed by atoms with Gasteiger partial charge in [0.1, 0.15) is 6.20 Å². The number of nitriles is 1. The first-order valence-corrected chi connectivity index (χ1v) is 3.20. The predicted molar refractivity (Wildman–Crippen MR) is 40.2 cm³/mol. The molecule has 0 bridgehead atoms. The number of hydrogen-bond donors (Lipinski definition) is 0. The lowest BCUT2D eigenvalue weighted by molar-refractivity contribution is -0.389. The molecular weight excluding hydrogens is 158 g/mol. The molecular formula is C7H5N3O2. The minimum absolute atomic E-state index is 0.198. The van der Waals surface area contributed by atoms with Crippen LogP contribution < -0.4 is 0 Å². The highest BCUT2D eigenvalue weighted by molar-refractivity contribution is 5.24. The fourth-order valence-corrected chi connectivity index (χ4v) is 0.721. The second-order valence-electron chi connectivity index (χ2n) is 2.12. The minimum Gasteiger partial charge on any atom is -0.358 e. The summed E-state index contributed by atoms with van der Waals surface area (Å²) in [5.74, 6) is -0.198. The molecule has 0 aliphatic rings. The maximum atomic E-state index is 10.1. The Bertz CT molecular complexity index is 325. The van der Waals surface area contributed by atoms with E-state index in [1.807, 2.05) is 6.07 Å². The highest BCUT2D eigenvalue weighted by atomic mass is 16.6. The van der Waals surface area contributed by atoms with E-state index in [-0.39, 0.29) is 12.2 Å². The highest BCUT2D eigenvalue weighted by Crippen LogP contribution is 2.07. The summed E-state index contributed by atoms with van der Waals surface area (Å²) >= 11 is 0. The van der Waals surface area contributed by atoms with Crippen molar-refractivity contribution in [1.29, 1.82) is 5.26 Å². The van der Waals surface area contributed by atoms with Crippen molar-refractivity contribution in [3.63, 3.8) is 0 Å². The van der Waals surface area contributed by atoms with Crippen LogP contribution in [0.15, 0.2) is 18.3 Å². The molecule has 0 aliphatic heterocycles. The monoisotopic (exact) mass is 163 g/mol. The van der Waals surface area contributed by atoms with E-state index >= 15 is 0 Å². The topological polar surface area (TPSA) is 79.8 Å². The van der Waals surface area contributed by atoms with E-state index in [1.54, 1.807) is 0 Å². The molecule has 1 aromatic rings. The molecule has 0 amide bonds. The number of rotatable bonds is 2. The minimum atomic E-state index is -0.573. The molecule has 0 N–H and O–H groups in total. The lowest BCUT2D eigenvalue weighted by Crippen LogP contribution is -1.92. The van der Waals surface area contributed by atoms with Gasteiger partial charge in [0.05, 0.1) is 12.5 Å². The van der Waals surface area contributed by atoms with Crippen LogP contribution in [0.25, 0.3) is 0 Å². The van der Waals surface area contributed by atoms with E-state index < -0.39 is 4.92 Å². The van der Waals surface area contributed by atoms with Crippen LogP contribution in [-0.4, -0.2) is 9.91 Å². The van der Waals surface area contributed by atoms with E-state index in [9.17, 15) is 10.1 Å². The summed E-state index contributed by atoms with van der Waals surface area (Å²) in [6.07, 6.45) is 1.56. The Hall–Kier alpha value is -1.96. The van der Waals surface area contributed by atoms with Gasteiger partial charge in [0.15, 0.2) is 0 Å². The first-order valence-electron chi connectivity index (χ1n) is 3.20. The zero-order valence-electron chi connectivity index (χ0n) is 6.10. The molecule has 0 fully saturated rings. The molecule has 0 spiro atoms. The van der Waals surface area contributed by atoms with Crippen LogP contribution in [-0.2, 0) is 6.42 Å². The third-order valence-corrected chi connectivity index (χ3v) is 1.28. The maximum absolute atomic E-state index is 10.1. The lowest BCUT2D eigenvalue weighted by Gasteiger charge is -1.91. The van der Waals surface area contributed by atoms with E-state index in [0.29, 0.717) is 5.56 Å². The molecule has 0 unspecified atom stereocenters. The fourth-order valence-electron chi connectivity index (χ4n) is 0.721. The second-order valence-corrected chi connectivity index (χ2v) is 2.12. The van der Waals surface area contributed by atoms with E-state index in [1.165, 1.54) is 18.3 Å². The van der Waals surface area contributed by atoms with Crippen LogP contribution >= 0.6 is 0 Å². The number of aromatic nitrogens is 1. The van der Waals surface area contributed by atoms with Gasteiger partial charge in [0.2, 0.25) is 0 Å². The van der Waals surface area contributed by atoms with E-state index in [4.69, 9.17) is 5.26 Å². The second kappa shape index (κ2) is 3.44. The molecule has 0 aliphatic carbocycles. The van der Waals surface area contributed by atoms with Gasteiger partial charge in [-0.2, -0.15) is 5.26 Å². The van der Waals surface area contributed by atoms with Gasteiger partial charge < -0.3 is 10.1 Å². The summed E-state index contributed by atoms with van der Waals surface area (Å²) < 4.78 is 0. The molecule has 12 heavy (non-hydrogen) atoms. The van der Waals surface area contributed by atoms with Gasteiger partial charge in [-0.25, -0.2) is 0 Å². The van der Waals surface area contributed by atoms with Crippen LogP contribution in [0.5, 0.6) is 0 Å². The van der Waals surface area contributed by atoms with Crippen molar-refractivity contribution >= 4 is 5.82 Å². The number of nitro groups is 1. The Morgan fingerprint density at radius 2 is 2.42 bits per heavy atom. The average Bonchev–Trinajstić information content (AvgIpc) is 2.06. The first kappa shape index (κ1) is 8.14. The van der Waals surface area contributed by atoms with Gasteiger partial charge in [0, 0.05) is 11.6 Å². The molecule has 1 heterocycles. The highest BCUT2D eigenvalue weighted by Gasteiger charge is 2.04. The van der Waals surface area contributed by atoms with Crippen molar-refractivity contribution in [2.45, 2.75) is 6.42 Å². The molecule has 0 saturated carbocycles. The third-order valence-electron chi connectivity index (χ3n) is 1.28. The molecule has 5 nitrogen and oxygen atoms in total. The van der Waals surface area contributed by atoms with Gasteiger partial charge in [0.25, 0.3) is 0 Å². The standard InChI is InChI=1S/C7H5N3O2/c8-4-3-6-1-2-7(9-5-6)10(11)12/h1-2,5H,3H2. The summed E-state index contributed by atoms with van der Waals surface area (Å²) in [5, 5.41) is 18.4. The third kappa shape index (κ3) is 1.76. The smallest absolute Gasteiger partial charge is 0.358 e. The van der Waals surface area contributed by atoms with Crippen LogP contribution in [0.4, 0.5) is 5.82 Å². The van der Waals surface area contributed by atoms with Gasteiger partial charge in [-0.1, -0.05) is 0 Å². The summed E-state index contributed by atoms with van der Waals surface area (Å²) in [5.41, 5.74) is 0.683. The molecule has 1 aromatic heterocycles. The van der Waals surface area contributed by atoms with Crippen LogP contribution in [0, 0.1) is 21.4 Å². The van der Waals surface area contributed by atoms with Gasteiger partial charge in [-0.3, -0.25) is 0 Å². The van der Waals surface area contributed by atoms with Gasteiger partial charge in [-0.15, -0.1) is 0 Å². The predicted octanol–water partition coefficient (Wildman–Crippen LogP) is 1.06. The zero-order chi connectivity index (χ0) is 8.97. The van der Waals surface area contributed by atoms with Crippen LogP contribution in [0.3, 0.4) is 0 Å². The van der Waals surface area contributed by atoms with E-state index in [0.717, 1.165) is 0 Å². The molecule has 1 rings (SSSR count). The van der Waals surface area contributed by atoms with Crippen LogP contribution in [0.1, 0.15) is 5.56 Å². The Kier molecular flexibility index (Phi) is 2.33. The lowest BCUT2D eigenvalue weighted by atomic mass is 10.2. The molecule has 5 heteroatoms. The SMILES string of the molecule is N#CCc1ccc([N+](=O)[O-])nc1.